The van der Waals surface area contributed by atoms with Gasteiger partial charge in [0.2, 0.25) is 5.76 Å². The molecule has 0 bridgehead atoms. The lowest BCUT2D eigenvalue weighted by molar-refractivity contribution is -0.112. The fourth-order valence-electron chi connectivity index (χ4n) is 2.22. The molecule has 1 N–H and O–H groups in total. The maximum absolute atomic E-state index is 12.2. The molecule has 6 heteroatoms. The van der Waals surface area contributed by atoms with E-state index in [1.54, 1.807) is 54.6 Å². The second-order valence-electron chi connectivity index (χ2n) is 5.43. The Labute approximate surface area is 155 Å². The van der Waals surface area contributed by atoms with Gasteiger partial charge in [-0.15, -0.1) is 0 Å². The highest BCUT2D eigenvalue weighted by Gasteiger charge is 2.12. The lowest BCUT2D eigenvalue weighted by Gasteiger charge is -2.05. The summed E-state index contributed by atoms with van der Waals surface area (Å²) < 4.78 is 10.1. The Morgan fingerprint density at radius 2 is 1.74 bits per heavy atom. The molecule has 6 nitrogen and oxygen atoms in total. The van der Waals surface area contributed by atoms with Crippen molar-refractivity contribution in [3.8, 4) is 11.8 Å². The number of amides is 1. The van der Waals surface area contributed by atoms with Gasteiger partial charge in [0, 0.05) is 5.69 Å². The SMILES string of the molecule is N#C/C(=C\c1ccc(OC(=O)c2ccco2)cc1)C(=O)Nc1ccccc1. The van der Waals surface area contributed by atoms with E-state index in [-0.39, 0.29) is 11.3 Å². The molecule has 1 aromatic heterocycles. The molecule has 0 saturated carbocycles. The summed E-state index contributed by atoms with van der Waals surface area (Å²) in [6, 6.07) is 20.3. The zero-order valence-corrected chi connectivity index (χ0v) is 14.1. The van der Waals surface area contributed by atoms with Crippen molar-refractivity contribution in [1.82, 2.24) is 0 Å². The second-order valence-corrected chi connectivity index (χ2v) is 5.43. The van der Waals surface area contributed by atoms with Crippen molar-refractivity contribution < 1.29 is 18.7 Å². The van der Waals surface area contributed by atoms with E-state index in [1.807, 2.05) is 12.1 Å². The number of hydrogen-bond acceptors (Lipinski definition) is 5. The monoisotopic (exact) mass is 358 g/mol. The van der Waals surface area contributed by atoms with E-state index in [0.717, 1.165) is 0 Å². The van der Waals surface area contributed by atoms with Crippen molar-refractivity contribution in [2.24, 2.45) is 0 Å². The fourth-order valence-corrected chi connectivity index (χ4v) is 2.22. The van der Waals surface area contributed by atoms with E-state index in [1.165, 1.54) is 18.4 Å². The lowest BCUT2D eigenvalue weighted by Crippen LogP contribution is -2.13. The van der Waals surface area contributed by atoms with Crippen LogP contribution in [-0.2, 0) is 4.79 Å². The van der Waals surface area contributed by atoms with Gasteiger partial charge in [-0.2, -0.15) is 5.26 Å². The van der Waals surface area contributed by atoms with Gasteiger partial charge in [-0.05, 0) is 48.0 Å². The number of carbonyl (C=O) groups excluding carboxylic acids is 2. The molecular weight excluding hydrogens is 344 g/mol. The van der Waals surface area contributed by atoms with Crippen LogP contribution in [0.3, 0.4) is 0 Å². The van der Waals surface area contributed by atoms with Gasteiger partial charge in [0.15, 0.2) is 0 Å². The largest absolute Gasteiger partial charge is 0.457 e. The van der Waals surface area contributed by atoms with E-state index >= 15 is 0 Å². The Morgan fingerprint density at radius 1 is 1.00 bits per heavy atom. The molecule has 0 unspecified atom stereocenters. The van der Waals surface area contributed by atoms with E-state index in [0.29, 0.717) is 17.0 Å². The molecule has 0 radical (unpaired) electrons. The molecule has 0 saturated heterocycles. The molecule has 0 aliphatic rings. The van der Waals surface area contributed by atoms with Crippen LogP contribution >= 0.6 is 0 Å². The third-order valence-corrected chi connectivity index (χ3v) is 3.52. The van der Waals surface area contributed by atoms with Crippen LogP contribution in [0, 0.1) is 11.3 Å². The number of hydrogen-bond donors (Lipinski definition) is 1. The van der Waals surface area contributed by atoms with Crippen LogP contribution in [0.15, 0.2) is 83.0 Å². The number of nitriles is 1. The number of benzene rings is 2. The highest BCUT2D eigenvalue weighted by atomic mass is 16.5. The standard InChI is InChI=1S/C21H14N2O4/c22-14-16(20(24)23-17-5-2-1-3-6-17)13-15-8-10-18(11-9-15)27-21(25)19-7-4-12-26-19/h1-13H,(H,23,24)/b16-13+. The lowest BCUT2D eigenvalue weighted by atomic mass is 10.1. The molecule has 3 rings (SSSR count). The quantitative estimate of drug-likeness (QED) is 0.321. The van der Waals surface area contributed by atoms with Crippen molar-refractivity contribution in [2.75, 3.05) is 5.32 Å². The first kappa shape index (κ1) is 17.7. The van der Waals surface area contributed by atoms with Crippen molar-refractivity contribution >= 4 is 23.6 Å². The predicted octanol–water partition coefficient (Wildman–Crippen LogP) is 4.04. The van der Waals surface area contributed by atoms with Gasteiger partial charge in [0.05, 0.1) is 6.26 Å². The van der Waals surface area contributed by atoms with Gasteiger partial charge in [-0.3, -0.25) is 4.79 Å². The molecule has 0 aliphatic heterocycles. The minimum absolute atomic E-state index is 0.0424. The molecule has 1 heterocycles. The van der Waals surface area contributed by atoms with Gasteiger partial charge >= 0.3 is 5.97 Å². The molecule has 27 heavy (non-hydrogen) atoms. The summed E-state index contributed by atoms with van der Waals surface area (Å²) in [6.07, 6.45) is 2.84. The van der Waals surface area contributed by atoms with E-state index in [9.17, 15) is 14.9 Å². The molecule has 0 fully saturated rings. The minimum atomic E-state index is -0.608. The number of anilines is 1. The van der Waals surface area contributed by atoms with Crippen LogP contribution in [0.1, 0.15) is 16.1 Å². The number of nitrogens with zero attached hydrogens (tertiary/aromatic N) is 1. The Morgan fingerprint density at radius 3 is 2.37 bits per heavy atom. The first-order valence-corrected chi connectivity index (χ1v) is 7.99. The smallest absolute Gasteiger partial charge is 0.379 e. The summed E-state index contributed by atoms with van der Waals surface area (Å²) in [4.78, 5) is 24.0. The topological polar surface area (TPSA) is 92.3 Å². The molecule has 3 aromatic rings. The summed E-state index contributed by atoms with van der Waals surface area (Å²) in [5.41, 5.74) is 1.18. The summed E-state index contributed by atoms with van der Waals surface area (Å²) in [5.74, 6) is -0.690. The van der Waals surface area contributed by atoms with Gasteiger partial charge < -0.3 is 14.5 Å². The van der Waals surface area contributed by atoms with Crippen LogP contribution in [0.2, 0.25) is 0 Å². The van der Waals surface area contributed by atoms with Crippen molar-refractivity contribution in [3.63, 3.8) is 0 Å². The Hall–Kier alpha value is -4.11. The number of para-hydroxylation sites is 1. The maximum Gasteiger partial charge on any atom is 0.379 e. The van der Waals surface area contributed by atoms with E-state index < -0.39 is 11.9 Å². The summed E-state index contributed by atoms with van der Waals surface area (Å²) in [7, 11) is 0. The average Bonchev–Trinajstić information content (AvgIpc) is 3.23. The summed E-state index contributed by atoms with van der Waals surface area (Å²) >= 11 is 0. The summed E-state index contributed by atoms with van der Waals surface area (Å²) in [5, 5.41) is 11.9. The minimum Gasteiger partial charge on any atom is -0.457 e. The number of esters is 1. The van der Waals surface area contributed by atoms with E-state index in [2.05, 4.69) is 5.32 Å². The number of rotatable bonds is 5. The normalized spacial score (nSPS) is 10.7. The summed E-state index contributed by atoms with van der Waals surface area (Å²) in [6.45, 7) is 0. The maximum atomic E-state index is 12.2. The first-order chi connectivity index (χ1) is 13.2. The molecule has 2 aromatic carbocycles. The Balaban J connectivity index is 1.68. The second kappa shape index (κ2) is 8.32. The van der Waals surface area contributed by atoms with Gasteiger partial charge in [0.25, 0.3) is 5.91 Å². The molecule has 0 aliphatic carbocycles. The molecule has 0 atom stereocenters. The predicted molar refractivity (Wildman–Crippen MR) is 98.8 cm³/mol. The van der Waals surface area contributed by atoms with E-state index in [4.69, 9.17) is 9.15 Å². The average molecular weight is 358 g/mol. The zero-order valence-electron chi connectivity index (χ0n) is 14.1. The number of nitrogens with one attached hydrogen (secondary N) is 1. The molecule has 132 valence electrons. The van der Waals surface area contributed by atoms with Crippen LogP contribution in [0.25, 0.3) is 6.08 Å². The highest BCUT2D eigenvalue weighted by molar-refractivity contribution is 6.09. The molecule has 0 spiro atoms. The Kier molecular flexibility index (Phi) is 5.45. The van der Waals surface area contributed by atoms with Crippen molar-refractivity contribution in [2.45, 2.75) is 0 Å². The fraction of sp³-hybridized carbons (Fsp3) is 0. The number of ether oxygens (including phenoxy) is 1. The number of furan rings is 1. The molecular formula is C21H14N2O4. The number of carbonyl (C=O) groups is 2. The molecule has 1 amide bonds. The van der Waals surface area contributed by atoms with Crippen molar-refractivity contribution in [1.29, 1.82) is 5.26 Å². The van der Waals surface area contributed by atoms with Gasteiger partial charge in [-0.1, -0.05) is 30.3 Å². The first-order valence-electron chi connectivity index (χ1n) is 7.99. The third-order valence-electron chi connectivity index (χ3n) is 3.52. The van der Waals surface area contributed by atoms with Crippen LogP contribution in [0.5, 0.6) is 5.75 Å². The van der Waals surface area contributed by atoms with Crippen LogP contribution < -0.4 is 10.1 Å². The van der Waals surface area contributed by atoms with Gasteiger partial charge in [-0.25, -0.2) is 4.79 Å². The van der Waals surface area contributed by atoms with Crippen LogP contribution in [0.4, 0.5) is 5.69 Å². The van der Waals surface area contributed by atoms with Gasteiger partial charge in [0.1, 0.15) is 17.4 Å². The Bertz CT molecular complexity index is 999. The highest BCUT2D eigenvalue weighted by Crippen LogP contribution is 2.17. The van der Waals surface area contributed by atoms with Crippen LogP contribution in [-0.4, -0.2) is 11.9 Å². The van der Waals surface area contributed by atoms with Crippen molar-refractivity contribution in [3.05, 3.63) is 89.9 Å². The zero-order chi connectivity index (χ0) is 19.1. The third kappa shape index (κ3) is 4.71.